The number of nitrogen functional groups attached to an aromatic ring is 1. The van der Waals surface area contributed by atoms with Crippen molar-refractivity contribution in [1.29, 1.82) is 0 Å². The van der Waals surface area contributed by atoms with Crippen molar-refractivity contribution >= 4 is 34.4 Å². The molecule has 1 fully saturated rings. The first kappa shape index (κ1) is 19.7. The number of aromatic nitrogens is 3. The van der Waals surface area contributed by atoms with Gasteiger partial charge in [0.15, 0.2) is 0 Å². The average molecular weight is 411 g/mol. The standard InChI is InChI=1S/C21H26N6OS/c1-21(13-22)8-11-27(12-9-21)20-25-18(23)17(19(28)26(20)2)29-16-7-3-6-15-14(16)5-4-10-24-15/h3-7,10H,8-9,11-13,22-23H2,1-2H3. The third kappa shape index (κ3) is 3.70. The Morgan fingerprint density at radius 1 is 1.21 bits per heavy atom. The first-order chi connectivity index (χ1) is 13.9. The van der Waals surface area contributed by atoms with Crippen LogP contribution in [0.3, 0.4) is 0 Å². The molecule has 0 atom stereocenters. The Labute approximate surface area is 174 Å². The molecule has 29 heavy (non-hydrogen) atoms. The zero-order chi connectivity index (χ0) is 20.6. The van der Waals surface area contributed by atoms with Crippen LogP contribution in [0.1, 0.15) is 19.8 Å². The second-order valence-corrected chi connectivity index (χ2v) is 8.97. The maximum absolute atomic E-state index is 13.1. The van der Waals surface area contributed by atoms with Crippen LogP contribution in [0.25, 0.3) is 10.9 Å². The van der Waals surface area contributed by atoms with E-state index in [2.05, 4.69) is 21.8 Å². The summed E-state index contributed by atoms with van der Waals surface area (Å²) in [6.45, 7) is 4.51. The molecule has 152 valence electrons. The highest BCUT2D eigenvalue weighted by molar-refractivity contribution is 7.99. The SMILES string of the molecule is Cn1c(N2CCC(C)(CN)CC2)nc(N)c(Sc2cccc3ncccc23)c1=O. The zero-order valence-electron chi connectivity index (χ0n) is 16.8. The average Bonchev–Trinajstić information content (AvgIpc) is 2.74. The third-order valence-electron chi connectivity index (χ3n) is 5.82. The molecule has 1 aliphatic rings. The van der Waals surface area contributed by atoms with Gasteiger partial charge in [-0.1, -0.05) is 30.8 Å². The van der Waals surface area contributed by atoms with E-state index in [0.717, 1.165) is 41.7 Å². The van der Waals surface area contributed by atoms with Crippen LogP contribution >= 0.6 is 11.8 Å². The van der Waals surface area contributed by atoms with E-state index >= 15 is 0 Å². The van der Waals surface area contributed by atoms with Gasteiger partial charge >= 0.3 is 0 Å². The van der Waals surface area contributed by atoms with Crippen molar-refractivity contribution in [3.63, 3.8) is 0 Å². The number of nitrogens with zero attached hydrogens (tertiary/aromatic N) is 4. The minimum Gasteiger partial charge on any atom is -0.382 e. The fraction of sp³-hybridized carbons (Fsp3) is 0.381. The van der Waals surface area contributed by atoms with E-state index < -0.39 is 0 Å². The molecule has 0 saturated carbocycles. The second kappa shape index (κ2) is 7.68. The predicted molar refractivity (Wildman–Crippen MR) is 118 cm³/mol. The molecule has 0 bridgehead atoms. The van der Waals surface area contributed by atoms with Gasteiger partial charge < -0.3 is 16.4 Å². The van der Waals surface area contributed by atoms with Crippen LogP contribution in [-0.4, -0.2) is 34.2 Å². The molecule has 0 amide bonds. The third-order valence-corrected chi connectivity index (χ3v) is 6.98. The van der Waals surface area contributed by atoms with Gasteiger partial charge in [-0.2, -0.15) is 4.98 Å². The summed E-state index contributed by atoms with van der Waals surface area (Å²) in [5, 5.41) is 0.989. The van der Waals surface area contributed by atoms with Crippen molar-refractivity contribution in [3.05, 3.63) is 46.9 Å². The molecular formula is C21H26N6OS. The highest BCUT2D eigenvalue weighted by atomic mass is 32.2. The Hall–Kier alpha value is -2.58. The van der Waals surface area contributed by atoms with E-state index in [1.807, 2.05) is 30.3 Å². The number of anilines is 2. The molecule has 0 spiro atoms. The number of rotatable bonds is 4. The lowest BCUT2D eigenvalue weighted by atomic mass is 9.81. The summed E-state index contributed by atoms with van der Waals surface area (Å²) >= 11 is 1.35. The van der Waals surface area contributed by atoms with Crippen molar-refractivity contribution in [2.24, 2.45) is 18.2 Å². The van der Waals surface area contributed by atoms with Gasteiger partial charge in [0.2, 0.25) is 5.95 Å². The molecule has 0 aliphatic carbocycles. The fourth-order valence-corrected chi connectivity index (χ4v) is 4.71. The predicted octanol–water partition coefficient (Wildman–Crippen LogP) is 2.63. The van der Waals surface area contributed by atoms with E-state index in [0.29, 0.717) is 17.4 Å². The van der Waals surface area contributed by atoms with E-state index in [1.165, 1.54) is 11.8 Å². The van der Waals surface area contributed by atoms with Gasteiger partial charge in [0, 0.05) is 36.6 Å². The normalized spacial score (nSPS) is 16.3. The minimum atomic E-state index is -0.134. The Bertz CT molecular complexity index is 1100. The quantitative estimate of drug-likeness (QED) is 0.681. The van der Waals surface area contributed by atoms with Crippen molar-refractivity contribution in [1.82, 2.24) is 14.5 Å². The van der Waals surface area contributed by atoms with Gasteiger partial charge in [-0.3, -0.25) is 14.3 Å². The Balaban J connectivity index is 1.67. The number of nitrogens with two attached hydrogens (primary N) is 2. The lowest BCUT2D eigenvalue weighted by Crippen LogP contribution is -2.44. The van der Waals surface area contributed by atoms with Crippen molar-refractivity contribution in [2.45, 2.75) is 29.6 Å². The van der Waals surface area contributed by atoms with Crippen LogP contribution < -0.4 is 21.9 Å². The van der Waals surface area contributed by atoms with Crippen LogP contribution in [0, 0.1) is 5.41 Å². The van der Waals surface area contributed by atoms with Crippen LogP contribution in [0.5, 0.6) is 0 Å². The summed E-state index contributed by atoms with van der Waals surface area (Å²) < 4.78 is 1.60. The molecule has 1 aliphatic heterocycles. The molecule has 1 aromatic carbocycles. The molecule has 8 heteroatoms. The van der Waals surface area contributed by atoms with Crippen LogP contribution in [0.4, 0.5) is 11.8 Å². The number of fused-ring (bicyclic) bond motifs is 1. The number of pyridine rings is 1. The summed E-state index contributed by atoms with van der Waals surface area (Å²) in [4.78, 5) is 25.6. The van der Waals surface area contributed by atoms with Crippen molar-refractivity contribution in [2.75, 3.05) is 30.3 Å². The second-order valence-electron chi connectivity index (χ2n) is 7.92. The van der Waals surface area contributed by atoms with E-state index in [-0.39, 0.29) is 16.8 Å². The van der Waals surface area contributed by atoms with Gasteiger partial charge in [-0.05, 0) is 43.0 Å². The van der Waals surface area contributed by atoms with Crippen LogP contribution in [0.15, 0.2) is 51.1 Å². The Kier molecular flexibility index (Phi) is 5.23. The maximum atomic E-state index is 13.1. The van der Waals surface area contributed by atoms with Crippen LogP contribution in [-0.2, 0) is 7.05 Å². The van der Waals surface area contributed by atoms with Gasteiger partial charge in [-0.25, -0.2) is 0 Å². The van der Waals surface area contributed by atoms with Gasteiger partial charge in [0.1, 0.15) is 10.7 Å². The summed E-state index contributed by atoms with van der Waals surface area (Å²) in [5.74, 6) is 0.886. The monoisotopic (exact) mass is 410 g/mol. The summed E-state index contributed by atoms with van der Waals surface area (Å²) in [6.07, 6.45) is 3.70. The molecule has 4 N–H and O–H groups in total. The molecule has 0 radical (unpaired) electrons. The van der Waals surface area contributed by atoms with E-state index in [1.54, 1.807) is 17.8 Å². The number of hydrogen-bond acceptors (Lipinski definition) is 7. The number of piperidine rings is 1. The molecule has 3 heterocycles. The number of benzene rings is 1. The van der Waals surface area contributed by atoms with Crippen molar-refractivity contribution in [3.8, 4) is 0 Å². The lowest BCUT2D eigenvalue weighted by molar-refractivity contribution is 0.256. The van der Waals surface area contributed by atoms with Gasteiger partial charge in [-0.15, -0.1) is 0 Å². The Morgan fingerprint density at radius 3 is 2.69 bits per heavy atom. The summed E-state index contributed by atoms with van der Waals surface area (Å²) in [7, 11) is 1.76. The summed E-state index contributed by atoms with van der Waals surface area (Å²) in [6, 6.07) is 9.74. The largest absolute Gasteiger partial charge is 0.382 e. The first-order valence-corrected chi connectivity index (χ1v) is 10.6. The molecule has 3 aromatic rings. The smallest absolute Gasteiger partial charge is 0.270 e. The fourth-order valence-electron chi connectivity index (χ4n) is 3.69. The number of hydrogen-bond donors (Lipinski definition) is 2. The highest BCUT2D eigenvalue weighted by Crippen LogP contribution is 2.35. The highest BCUT2D eigenvalue weighted by Gasteiger charge is 2.30. The molecule has 2 aromatic heterocycles. The maximum Gasteiger partial charge on any atom is 0.270 e. The van der Waals surface area contributed by atoms with Crippen molar-refractivity contribution < 1.29 is 0 Å². The molecule has 4 rings (SSSR count). The molecule has 7 nitrogen and oxygen atoms in total. The minimum absolute atomic E-state index is 0.134. The molecule has 0 unspecified atom stereocenters. The molecular weight excluding hydrogens is 384 g/mol. The topological polar surface area (TPSA) is 103 Å². The van der Waals surface area contributed by atoms with E-state index in [9.17, 15) is 4.79 Å². The first-order valence-electron chi connectivity index (χ1n) is 9.75. The van der Waals surface area contributed by atoms with Gasteiger partial charge in [0.25, 0.3) is 5.56 Å². The van der Waals surface area contributed by atoms with E-state index in [4.69, 9.17) is 11.5 Å². The lowest BCUT2D eigenvalue weighted by Gasteiger charge is -2.39. The molecule has 1 saturated heterocycles. The summed E-state index contributed by atoms with van der Waals surface area (Å²) in [5.41, 5.74) is 13.1. The Morgan fingerprint density at radius 2 is 1.97 bits per heavy atom. The van der Waals surface area contributed by atoms with Crippen LogP contribution in [0.2, 0.25) is 0 Å². The zero-order valence-corrected chi connectivity index (χ0v) is 17.6. The van der Waals surface area contributed by atoms with Gasteiger partial charge in [0.05, 0.1) is 5.52 Å².